The summed E-state index contributed by atoms with van der Waals surface area (Å²) in [5.74, 6) is -0.868. The van der Waals surface area contributed by atoms with Crippen LogP contribution in [-0.2, 0) is 6.42 Å². The fourth-order valence-corrected chi connectivity index (χ4v) is 6.22. The highest BCUT2D eigenvalue weighted by atomic mass is 19.2. The van der Waals surface area contributed by atoms with E-state index in [9.17, 15) is 8.78 Å². The van der Waals surface area contributed by atoms with Gasteiger partial charge in [0.2, 0.25) is 11.8 Å². The van der Waals surface area contributed by atoms with Crippen LogP contribution in [0.3, 0.4) is 0 Å². The number of benzene rings is 1. The van der Waals surface area contributed by atoms with Gasteiger partial charge in [0.1, 0.15) is 16.9 Å². The second-order valence-corrected chi connectivity index (χ2v) is 11.3. The molecule has 3 saturated heterocycles. The third-order valence-electron chi connectivity index (χ3n) is 8.40. The number of fused-ring (bicyclic) bond motifs is 4. The summed E-state index contributed by atoms with van der Waals surface area (Å²) in [7, 11) is 2.14. The Morgan fingerprint density at radius 2 is 1.85 bits per heavy atom. The summed E-state index contributed by atoms with van der Waals surface area (Å²) in [6, 6.07) is 1.69. The fraction of sp³-hybridized carbons (Fsp3) is 0.519. The maximum atomic E-state index is 14.5. The zero-order valence-corrected chi connectivity index (χ0v) is 22.9. The van der Waals surface area contributed by atoms with Crippen molar-refractivity contribution in [3.8, 4) is 0 Å². The minimum Gasteiger partial charge on any atom is -0.420 e. The number of piperazine rings is 2. The molecule has 2 atom stereocenters. The summed E-state index contributed by atoms with van der Waals surface area (Å²) < 4.78 is 34.1. The van der Waals surface area contributed by atoms with Crippen LogP contribution in [0.4, 0.5) is 26.6 Å². The first kappa shape index (κ1) is 26.2. The van der Waals surface area contributed by atoms with Gasteiger partial charge in [-0.05, 0) is 31.5 Å². The van der Waals surface area contributed by atoms with E-state index in [0.29, 0.717) is 41.4 Å². The predicted octanol–water partition coefficient (Wildman–Crippen LogP) is 1.61. The van der Waals surface area contributed by atoms with Crippen LogP contribution in [-0.4, -0.2) is 106 Å². The molecule has 4 N–H and O–H groups in total. The van der Waals surface area contributed by atoms with Crippen molar-refractivity contribution in [1.29, 1.82) is 0 Å². The maximum absolute atomic E-state index is 14.5. The van der Waals surface area contributed by atoms with Crippen LogP contribution in [0.25, 0.3) is 22.0 Å². The van der Waals surface area contributed by atoms with Gasteiger partial charge in [0, 0.05) is 70.9 Å². The van der Waals surface area contributed by atoms with Crippen LogP contribution in [0.15, 0.2) is 16.7 Å². The Morgan fingerprint density at radius 3 is 2.63 bits per heavy atom. The molecule has 0 radical (unpaired) electrons. The van der Waals surface area contributed by atoms with E-state index in [1.807, 2.05) is 0 Å². The van der Waals surface area contributed by atoms with Crippen LogP contribution in [0, 0.1) is 11.6 Å². The van der Waals surface area contributed by atoms with Crippen molar-refractivity contribution in [3.63, 3.8) is 0 Å². The number of oxazole rings is 1. The number of rotatable bonds is 7. The summed E-state index contributed by atoms with van der Waals surface area (Å²) in [6.45, 7) is 7.41. The van der Waals surface area contributed by atoms with Gasteiger partial charge in [-0.2, -0.15) is 24.6 Å². The molecular formula is C27H33F2N11O. The van der Waals surface area contributed by atoms with Gasteiger partial charge in [0.25, 0.3) is 6.01 Å². The molecule has 3 fully saturated rings. The smallest absolute Gasteiger partial charge is 0.293 e. The maximum Gasteiger partial charge on any atom is 0.293 e. The van der Waals surface area contributed by atoms with Crippen LogP contribution >= 0.6 is 0 Å². The van der Waals surface area contributed by atoms with Crippen LogP contribution < -0.4 is 21.3 Å². The zero-order valence-electron chi connectivity index (χ0n) is 22.9. The number of likely N-dealkylation sites (N-methyl/N-ethyl adjacent to an activating group) is 1. The second-order valence-electron chi connectivity index (χ2n) is 11.3. The highest BCUT2D eigenvalue weighted by Crippen LogP contribution is 2.33. The van der Waals surface area contributed by atoms with Gasteiger partial charge >= 0.3 is 0 Å². The number of nitrogens with one attached hydrogen (secondary N) is 2. The SMILES string of the molecule is CN1CCN(CCNc2nc(N3CC4CCC(C3)N4)c3cnnc(Cc4cc(F)c(F)c5oc(N)nc45)c3n2)CC1. The van der Waals surface area contributed by atoms with E-state index in [4.69, 9.17) is 20.1 Å². The van der Waals surface area contributed by atoms with Crippen LogP contribution in [0.1, 0.15) is 24.1 Å². The summed E-state index contributed by atoms with van der Waals surface area (Å²) in [5, 5.41) is 16.5. The predicted molar refractivity (Wildman–Crippen MR) is 151 cm³/mol. The van der Waals surface area contributed by atoms with E-state index in [0.717, 1.165) is 75.9 Å². The van der Waals surface area contributed by atoms with Gasteiger partial charge in [-0.3, -0.25) is 4.90 Å². The van der Waals surface area contributed by atoms with Gasteiger partial charge in [0.05, 0.1) is 17.3 Å². The van der Waals surface area contributed by atoms with E-state index in [2.05, 4.69) is 47.6 Å². The Balaban J connectivity index is 1.24. The van der Waals surface area contributed by atoms with Gasteiger partial charge in [-0.1, -0.05) is 0 Å². The molecule has 12 nitrogen and oxygen atoms in total. The summed E-state index contributed by atoms with van der Waals surface area (Å²) >= 11 is 0. The van der Waals surface area contributed by atoms with Crippen molar-refractivity contribution in [2.24, 2.45) is 0 Å². The van der Waals surface area contributed by atoms with Gasteiger partial charge in [-0.25, -0.2) is 9.37 Å². The molecule has 0 spiro atoms. The molecule has 6 heterocycles. The van der Waals surface area contributed by atoms with E-state index in [1.165, 1.54) is 0 Å². The first-order valence-electron chi connectivity index (χ1n) is 14.1. The minimum absolute atomic E-state index is 0.105. The van der Waals surface area contributed by atoms with Gasteiger partial charge < -0.3 is 30.6 Å². The quantitative estimate of drug-likeness (QED) is 0.300. The number of anilines is 3. The second kappa shape index (κ2) is 10.6. The average Bonchev–Trinajstić information content (AvgIpc) is 3.53. The average molecular weight is 566 g/mol. The molecule has 0 amide bonds. The molecule has 3 aliphatic rings. The van der Waals surface area contributed by atoms with Gasteiger partial charge in [0.15, 0.2) is 11.4 Å². The lowest BCUT2D eigenvalue weighted by molar-refractivity contribution is 0.158. The Labute approximate surface area is 235 Å². The van der Waals surface area contributed by atoms with Gasteiger partial charge in [-0.15, -0.1) is 0 Å². The number of nitrogens with zero attached hydrogens (tertiary/aromatic N) is 8. The third kappa shape index (κ3) is 5.11. The summed E-state index contributed by atoms with van der Waals surface area (Å²) in [6.07, 6.45) is 4.06. The van der Waals surface area contributed by atoms with E-state index in [1.54, 1.807) is 6.20 Å². The molecule has 216 valence electrons. The van der Waals surface area contributed by atoms with E-state index in [-0.39, 0.29) is 23.5 Å². The molecule has 4 aromatic rings. The van der Waals surface area contributed by atoms with Crippen molar-refractivity contribution in [1.82, 2.24) is 40.3 Å². The standard InChI is InChI=1S/C27H33F2N11O/c1-38-6-8-39(9-7-38)5-4-31-27-35-23-18(25(36-27)40-13-16-2-3-17(14-40)33-16)12-32-37-20(23)11-15-10-19(28)21(29)24-22(15)34-26(30)41-24/h10,12,16-17,33H,2-9,11,13-14H2,1H3,(H2,30,34)(H,31,35,36). The Hall–Kier alpha value is -3.75. The first-order chi connectivity index (χ1) is 19.9. The number of hydrogen-bond acceptors (Lipinski definition) is 12. The molecule has 2 bridgehead atoms. The molecule has 1 aromatic carbocycles. The van der Waals surface area contributed by atoms with Crippen molar-refractivity contribution >= 4 is 39.8 Å². The zero-order chi connectivity index (χ0) is 28.1. The normalized spacial score (nSPS) is 21.8. The van der Waals surface area contributed by atoms with Crippen molar-refractivity contribution in [3.05, 3.63) is 35.2 Å². The lowest BCUT2D eigenvalue weighted by Crippen LogP contribution is -2.51. The first-order valence-corrected chi connectivity index (χ1v) is 14.1. The molecule has 0 aliphatic carbocycles. The number of hydrogen-bond donors (Lipinski definition) is 3. The van der Waals surface area contributed by atoms with Crippen molar-refractivity contribution in [2.75, 3.05) is 75.4 Å². The molecule has 7 rings (SSSR count). The van der Waals surface area contributed by atoms with E-state index >= 15 is 0 Å². The van der Waals surface area contributed by atoms with Crippen molar-refractivity contribution in [2.45, 2.75) is 31.3 Å². The number of nitrogen functional groups attached to an aromatic ring is 1. The Bertz CT molecular complexity index is 1580. The molecule has 3 aromatic heterocycles. The summed E-state index contributed by atoms with van der Waals surface area (Å²) in [5.41, 5.74) is 7.00. The molecular weight excluding hydrogens is 532 g/mol. The summed E-state index contributed by atoms with van der Waals surface area (Å²) in [4.78, 5) is 21.0. The Kier molecular flexibility index (Phi) is 6.75. The van der Waals surface area contributed by atoms with Crippen LogP contribution in [0.2, 0.25) is 0 Å². The van der Waals surface area contributed by atoms with Crippen LogP contribution in [0.5, 0.6) is 0 Å². The number of nitrogens with two attached hydrogens (primary N) is 1. The topological polar surface area (TPSA) is 137 Å². The molecule has 2 unspecified atom stereocenters. The molecule has 0 saturated carbocycles. The fourth-order valence-electron chi connectivity index (χ4n) is 6.22. The third-order valence-corrected chi connectivity index (χ3v) is 8.40. The monoisotopic (exact) mass is 565 g/mol. The number of aromatic nitrogens is 5. The minimum atomic E-state index is -1.12. The molecule has 14 heteroatoms. The largest absolute Gasteiger partial charge is 0.420 e. The highest BCUT2D eigenvalue weighted by Gasteiger charge is 2.34. The van der Waals surface area contributed by atoms with Crippen molar-refractivity contribution < 1.29 is 13.2 Å². The lowest BCUT2D eigenvalue weighted by atomic mass is 10.1. The molecule has 41 heavy (non-hydrogen) atoms. The van der Waals surface area contributed by atoms with E-state index < -0.39 is 11.6 Å². The highest BCUT2D eigenvalue weighted by molar-refractivity contribution is 5.92. The molecule has 3 aliphatic heterocycles. The number of halogens is 2. The lowest BCUT2D eigenvalue weighted by Gasteiger charge is -2.34. The Morgan fingerprint density at radius 1 is 1.07 bits per heavy atom.